The van der Waals surface area contributed by atoms with Crippen LogP contribution in [0.4, 0.5) is 0 Å². The monoisotopic (exact) mass is 320 g/mol. The van der Waals surface area contributed by atoms with Crippen LogP contribution in [-0.4, -0.2) is 0 Å². The first kappa shape index (κ1) is 12.5. The Kier molecular flexibility index (Phi) is 3.18. The second kappa shape index (κ2) is 4.85. The summed E-state index contributed by atoms with van der Waals surface area (Å²) in [6, 6.07) is 9.67. The Morgan fingerprint density at radius 2 is 2.11 bits per heavy atom. The number of benzene rings is 1. The van der Waals surface area contributed by atoms with Crippen molar-refractivity contribution in [3.8, 4) is 0 Å². The second-order valence-corrected chi connectivity index (χ2v) is 5.16. The van der Waals surface area contributed by atoms with Gasteiger partial charge in [-0.05, 0) is 47.1 Å². The molecule has 2 heterocycles. The molecule has 5 heteroatoms. The molecule has 0 aliphatic heterocycles. The lowest BCUT2D eigenvalue weighted by atomic mass is 10.1. The van der Waals surface area contributed by atoms with Gasteiger partial charge in [0, 0.05) is 10.9 Å². The van der Waals surface area contributed by atoms with Gasteiger partial charge in [-0.3, -0.25) is 5.84 Å². The van der Waals surface area contributed by atoms with Crippen molar-refractivity contribution < 1.29 is 8.83 Å². The number of hydrogen-bond acceptors (Lipinski definition) is 4. The highest BCUT2D eigenvalue weighted by Gasteiger charge is 2.21. The molecule has 3 aromatic rings. The average molecular weight is 321 g/mol. The Labute approximate surface area is 118 Å². The van der Waals surface area contributed by atoms with Gasteiger partial charge in [0.05, 0.1) is 6.26 Å². The van der Waals surface area contributed by atoms with E-state index in [0.29, 0.717) is 4.67 Å². The summed E-state index contributed by atoms with van der Waals surface area (Å²) < 4.78 is 11.7. The summed E-state index contributed by atoms with van der Waals surface area (Å²) in [4.78, 5) is 0. The largest absolute Gasteiger partial charge is 0.459 e. The van der Waals surface area contributed by atoms with E-state index in [1.165, 1.54) is 5.56 Å². The maximum Gasteiger partial charge on any atom is 0.174 e. The number of hydrogen-bond donors (Lipinski definition) is 2. The first-order valence-electron chi connectivity index (χ1n) is 5.88. The number of rotatable bonds is 3. The molecule has 4 nitrogen and oxygen atoms in total. The Morgan fingerprint density at radius 3 is 2.79 bits per heavy atom. The van der Waals surface area contributed by atoms with Gasteiger partial charge in [-0.1, -0.05) is 11.6 Å². The van der Waals surface area contributed by atoms with Crippen LogP contribution in [0.5, 0.6) is 0 Å². The van der Waals surface area contributed by atoms with Gasteiger partial charge in [0.1, 0.15) is 17.4 Å². The van der Waals surface area contributed by atoms with Crippen LogP contribution in [0.15, 0.2) is 50.1 Å². The van der Waals surface area contributed by atoms with E-state index in [9.17, 15) is 0 Å². The van der Waals surface area contributed by atoms with Gasteiger partial charge in [-0.25, -0.2) is 5.43 Å². The maximum absolute atomic E-state index is 5.85. The van der Waals surface area contributed by atoms with Gasteiger partial charge < -0.3 is 8.83 Å². The molecule has 0 aliphatic carbocycles. The van der Waals surface area contributed by atoms with E-state index in [0.717, 1.165) is 22.3 Å². The van der Waals surface area contributed by atoms with Crippen molar-refractivity contribution in [3.63, 3.8) is 0 Å². The predicted molar refractivity (Wildman–Crippen MR) is 76.5 cm³/mol. The number of halogens is 1. The van der Waals surface area contributed by atoms with E-state index in [1.807, 2.05) is 24.3 Å². The molecule has 0 saturated heterocycles. The van der Waals surface area contributed by atoms with Crippen molar-refractivity contribution in [2.24, 2.45) is 5.84 Å². The Hall–Kier alpha value is -1.56. The van der Waals surface area contributed by atoms with Crippen molar-refractivity contribution in [2.45, 2.75) is 13.0 Å². The lowest BCUT2D eigenvalue weighted by Gasteiger charge is -2.11. The van der Waals surface area contributed by atoms with Crippen molar-refractivity contribution in [1.82, 2.24) is 5.43 Å². The van der Waals surface area contributed by atoms with Crippen LogP contribution < -0.4 is 11.3 Å². The molecule has 0 spiro atoms. The lowest BCUT2D eigenvalue weighted by molar-refractivity contribution is 0.467. The smallest absolute Gasteiger partial charge is 0.174 e. The van der Waals surface area contributed by atoms with Crippen molar-refractivity contribution in [2.75, 3.05) is 0 Å². The molecular formula is C14H13BrN2O2. The summed E-state index contributed by atoms with van der Waals surface area (Å²) in [5, 5.41) is 1.06. The van der Waals surface area contributed by atoms with Crippen LogP contribution in [-0.2, 0) is 0 Å². The predicted octanol–water partition coefficient (Wildman–Crippen LogP) is 3.65. The molecule has 0 saturated carbocycles. The van der Waals surface area contributed by atoms with E-state index < -0.39 is 0 Å². The highest BCUT2D eigenvalue weighted by Crippen LogP contribution is 2.32. The summed E-state index contributed by atoms with van der Waals surface area (Å²) in [5.74, 6) is 6.40. The third-order valence-corrected chi connectivity index (χ3v) is 3.74. The van der Waals surface area contributed by atoms with E-state index >= 15 is 0 Å². The number of fused-ring (bicyclic) bond motifs is 1. The molecule has 0 aliphatic rings. The molecule has 3 rings (SSSR count). The molecular weight excluding hydrogens is 308 g/mol. The third kappa shape index (κ3) is 2.20. The molecule has 1 atom stereocenters. The second-order valence-electron chi connectivity index (χ2n) is 4.44. The van der Waals surface area contributed by atoms with E-state index in [4.69, 9.17) is 14.7 Å². The van der Waals surface area contributed by atoms with Crippen LogP contribution in [0.1, 0.15) is 22.9 Å². The van der Waals surface area contributed by atoms with Crippen LogP contribution in [0.2, 0.25) is 0 Å². The zero-order valence-corrected chi connectivity index (χ0v) is 11.9. The Balaban J connectivity index is 2.09. The van der Waals surface area contributed by atoms with Crippen molar-refractivity contribution >= 4 is 26.9 Å². The molecule has 0 bridgehead atoms. The highest BCUT2D eigenvalue weighted by atomic mass is 79.9. The fraction of sp³-hybridized carbons (Fsp3) is 0.143. The first-order chi connectivity index (χ1) is 9.19. The zero-order chi connectivity index (χ0) is 13.4. The van der Waals surface area contributed by atoms with E-state index in [-0.39, 0.29) is 6.04 Å². The Bertz CT molecular complexity index is 717. The number of hydrazine groups is 1. The molecule has 0 fully saturated rings. The van der Waals surface area contributed by atoms with Gasteiger partial charge in [0.25, 0.3) is 0 Å². The number of nitrogens with two attached hydrogens (primary N) is 1. The summed E-state index contributed by atoms with van der Waals surface area (Å²) in [6.45, 7) is 2.05. The SMILES string of the molecule is Cc1ccc2oc(C(NN)c3ccoc3Br)cc2c1. The molecule has 98 valence electrons. The van der Waals surface area contributed by atoms with E-state index in [2.05, 4.69) is 34.3 Å². The molecule has 2 aromatic heterocycles. The minimum absolute atomic E-state index is 0.249. The molecule has 1 aromatic carbocycles. The Morgan fingerprint density at radius 1 is 1.26 bits per heavy atom. The fourth-order valence-corrected chi connectivity index (χ4v) is 2.63. The van der Waals surface area contributed by atoms with Crippen molar-refractivity contribution in [1.29, 1.82) is 0 Å². The maximum atomic E-state index is 5.85. The number of furan rings is 2. The quantitative estimate of drug-likeness (QED) is 0.571. The number of aryl methyl sites for hydroxylation is 1. The summed E-state index contributed by atoms with van der Waals surface area (Å²) in [7, 11) is 0. The first-order valence-corrected chi connectivity index (χ1v) is 6.67. The standard InChI is InChI=1S/C14H13BrN2O2/c1-8-2-3-11-9(6-8)7-12(19-11)13(17-16)10-4-5-18-14(10)15/h2-7,13,17H,16H2,1H3. The van der Waals surface area contributed by atoms with Gasteiger partial charge in [0.2, 0.25) is 0 Å². The molecule has 0 amide bonds. The normalized spacial score (nSPS) is 13.0. The summed E-state index contributed by atoms with van der Waals surface area (Å²) >= 11 is 3.36. The van der Waals surface area contributed by atoms with Crippen LogP contribution in [0, 0.1) is 6.92 Å². The molecule has 19 heavy (non-hydrogen) atoms. The van der Waals surface area contributed by atoms with Gasteiger partial charge >= 0.3 is 0 Å². The molecule has 1 unspecified atom stereocenters. The highest BCUT2D eigenvalue weighted by molar-refractivity contribution is 9.10. The van der Waals surface area contributed by atoms with Crippen LogP contribution in [0.3, 0.4) is 0 Å². The van der Waals surface area contributed by atoms with Gasteiger partial charge in [-0.15, -0.1) is 0 Å². The van der Waals surface area contributed by atoms with Gasteiger partial charge in [0.15, 0.2) is 4.67 Å². The third-order valence-electron chi connectivity index (χ3n) is 3.10. The summed E-state index contributed by atoms with van der Waals surface area (Å²) in [6.07, 6.45) is 1.61. The van der Waals surface area contributed by atoms with Crippen molar-refractivity contribution in [3.05, 3.63) is 58.2 Å². The topological polar surface area (TPSA) is 64.3 Å². The minimum Gasteiger partial charge on any atom is -0.459 e. The number of nitrogens with one attached hydrogen (secondary N) is 1. The average Bonchev–Trinajstić information content (AvgIpc) is 2.97. The molecule has 0 radical (unpaired) electrons. The lowest BCUT2D eigenvalue weighted by Crippen LogP contribution is -2.28. The fourth-order valence-electron chi connectivity index (χ4n) is 2.16. The zero-order valence-electron chi connectivity index (χ0n) is 10.3. The van der Waals surface area contributed by atoms with Crippen LogP contribution >= 0.6 is 15.9 Å². The summed E-state index contributed by atoms with van der Waals surface area (Å²) in [5.41, 5.74) is 5.70. The van der Waals surface area contributed by atoms with Crippen LogP contribution in [0.25, 0.3) is 11.0 Å². The van der Waals surface area contributed by atoms with Gasteiger partial charge in [-0.2, -0.15) is 0 Å². The van der Waals surface area contributed by atoms with E-state index in [1.54, 1.807) is 6.26 Å². The minimum atomic E-state index is -0.249. The molecule has 3 N–H and O–H groups in total.